The molecular weight excluding hydrogens is 192 g/mol. The van der Waals surface area contributed by atoms with Crippen molar-refractivity contribution in [1.29, 1.82) is 0 Å². The first-order valence-corrected chi connectivity index (χ1v) is 6.38. The molecule has 0 saturated heterocycles. The lowest BCUT2D eigenvalue weighted by molar-refractivity contribution is 0.0729. The van der Waals surface area contributed by atoms with Gasteiger partial charge < -0.3 is 5.11 Å². The van der Waals surface area contributed by atoms with Crippen LogP contribution >= 0.6 is 12.6 Å². The minimum atomic E-state index is 0.168. The molecule has 0 aromatic heterocycles. The summed E-state index contributed by atoms with van der Waals surface area (Å²) in [6.45, 7) is 7.21. The van der Waals surface area contributed by atoms with Crippen LogP contribution in [-0.2, 0) is 0 Å². The van der Waals surface area contributed by atoms with Gasteiger partial charge in [0.1, 0.15) is 0 Å². The van der Waals surface area contributed by atoms with Crippen molar-refractivity contribution >= 4 is 12.6 Å². The summed E-state index contributed by atoms with van der Waals surface area (Å²) >= 11 is 4.30. The van der Waals surface area contributed by atoms with Crippen molar-refractivity contribution < 1.29 is 5.11 Å². The molecule has 1 fully saturated rings. The van der Waals surface area contributed by atoms with E-state index in [4.69, 9.17) is 0 Å². The molecule has 0 heterocycles. The highest BCUT2D eigenvalue weighted by Gasteiger charge is 2.43. The van der Waals surface area contributed by atoms with Crippen molar-refractivity contribution in [1.82, 2.24) is 0 Å². The predicted octanol–water partition coefficient (Wildman–Crippen LogP) is 2.99. The molecule has 2 heteroatoms. The first-order valence-electron chi connectivity index (χ1n) is 5.75. The molecule has 0 spiro atoms. The molecule has 4 unspecified atom stereocenters. The summed E-state index contributed by atoms with van der Waals surface area (Å²) in [7, 11) is 0. The zero-order valence-electron chi connectivity index (χ0n) is 9.66. The average molecular weight is 216 g/mol. The third-order valence-electron chi connectivity index (χ3n) is 4.00. The average Bonchev–Trinajstić information content (AvgIpc) is 2.43. The van der Waals surface area contributed by atoms with Gasteiger partial charge in [-0.15, -0.1) is 0 Å². The zero-order valence-corrected chi connectivity index (χ0v) is 10.6. The summed E-state index contributed by atoms with van der Waals surface area (Å²) in [6, 6.07) is 0. The van der Waals surface area contributed by atoms with Crippen molar-refractivity contribution in [3.05, 3.63) is 0 Å². The Bertz CT molecular complexity index is 183. The quantitative estimate of drug-likeness (QED) is 0.692. The van der Waals surface area contributed by atoms with E-state index in [1.165, 1.54) is 19.3 Å². The third-order valence-corrected chi connectivity index (χ3v) is 4.26. The largest absolute Gasteiger partial charge is 0.396 e. The molecular formula is C12H24OS. The Morgan fingerprint density at radius 1 is 1.57 bits per heavy atom. The molecule has 4 atom stereocenters. The van der Waals surface area contributed by atoms with Gasteiger partial charge in [-0.05, 0) is 48.2 Å². The monoisotopic (exact) mass is 216 g/mol. The summed E-state index contributed by atoms with van der Waals surface area (Å²) in [5, 5.41) is 9.51. The van der Waals surface area contributed by atoms with Crippen LogP contribution in [0.2, 0.25) is 0 Å². The number of hydrogen-bond donors (Lipinski definition) is 2. The molecule has 1 aliphatic rings. The molecule has 0 bridgehead atoms. The normalized spacial score (nSPS) is 40.1. The van der Waals surface area contributed by atoms with E-state index in [0.717, 1.165) is 11.7 Å². The number of aliphatic hydroxyl groups excluding tert-OH is 1. The lowest BCUT2D eigenvalue weighted by Gasteiger charge is -2.33. The zero-order chi connectivity index (χ0) is 10.8. The van der Waals surface area contributed by atoms with Crippen LogP contribution in [0.15, 0.2) is 0 Å². The van der Waals surface area contributed by atoms with E-state index in [1.54, 1.807) is 0 Å². The van der Waals surface area contributed by atoms with Crippen molar-refractivity contribution in [2.75, 3.05) is 12.4 Å². The molecule has 84 valence electrons. The van der Waals surface area contributed by atoms with E-state index in [1.807, 2.05) is 0 Å². The van der Waals surface area contributed by atoms with Gasteiger partial charge in [-0.2, -0.15) is 12.6 Å². The second kappa shape index (κ2) is 4.89. The molecule has 0 aromatic carbocycles. The highest BCUT2D eigenvalue weighted by molar-refractivity contribution is 7.80. The van der Waals surface area contributed by atoms with Gasteiger partial charge in [-0.25, -0.2) is 0 Å². The Morgan fingerprint density at radius 3 is 2.71 bits per heavy atom. The molecule has 0 amide bonds. The first kappa shape index (κ1) is 12.4. The van der Waals surface area contributed by atoms with Crippen LogP contribution in [0.5, 0.6) is 0 Å². The van der Waals surface area contributed by atoms with Crippen molar-refractivity contribution in [2.45, 2.75) is 40.0 Å². The standard InChI is InChI=1S/C12H24OS/c1-9-6-11(10(2)4-5-14)12(3,7-9)8-13/h9-11,13-14H,4-8H2,1-3H3. The van der Waals surface area contributed by atoms with Crippen molar-refractivity contribution in [2.24, 2.45) is 23.2 Å². The maximum atomic E-state index is 9.51. The first-order chi connectivity index (χ1) is 6.53. The fourth-order valence-corrected chi connectivity index (χ4v) is 3.66. The highest BCUT2D eigenvalue weighted by atomic mass is 32.1. The topological polar surface area (TPSA) is 20.2 Å². The van der Waals surface area contributed by atoms with Crippen LogP contribution in [0, 0.1) is 23.2 Å². The van der Waals surface area contributed by atoms with Gasteiger partial charge in [0.05, 0.1) is 0 Å². The van der Waals surface area contributed by atoms with Crippen LogP contribution < -0.4 is 0 Å². The molecule has 1 aliphatic carbocycles. The molecule has 1 N–H and O–H groups in total. The second-order valence-electron chi connectivity index (χ2n) is 5.45. The van der Waals surface area contributed by atoms with E-state index in [2.05, 4.69) is 33.4 Å². The highest BCUT2D eigenvalue weighted by Crippen LogP contribution is 2.49. The van der Waals surface area contributed by atoms with Gasteiger partial charge in [-0.1, -0.05) is 20.8 Å². The molecule has 0 aromatic rings. The second-order valence-corrected chi connectivity index (χ2v) is 5.90. The van der Waals surface area contributed by atoms with Crippen LogP contribution in [0.25, 0.3) is 0 Å². The summed E-state index contributed by atoms with van der Waals surface area (Å²) in [4.78, 5) is 0. The molecule has 14 heavy (non-hydrogen) atoms. The van der Waals surface area contributed by atoms with Gasteiger partial charge in [0.15, 0.2) is 0 Å². The van der Waals surface area contributed by atoms with Gasteiger partial charge >= 0.3 is 0 Å². The van der Waals surface area contributed by atoms with E-state index < -0.39 is 0 Å². The molecule has 0 radical (unpaired) electrons. The van der Waals surface area contributed by atoms with Gasteiger partial charge in [-0.3, -0.25) is 0 Å². The lowest BCUT2D eigenvalue weighted by Crippen LogP contribution is -2.30. The Morgan fingerprint density at radius 2 is 2.21 bits per heavy atom. The van der Waals surface area contributed by atoms with E-state index >= 15 is 0 Å². The van der Waals surface area contributed by atoms with E-state index in [-0.39, 0.29) is 5.41 Å². The smallest absolute Gasteiger partial charge is 0.0487 e. The fourth-order valence-electron chi connectivity index (χ4n) is 3.25. The fraction of sp³-hybridized carbons (Fsp3) is 1.00. The third kappa shape index (κ3) is 2.46. The number of thiol groups is 1. The van der Waals surface area contributed by atoms with Crippen LogP contribution in [-0.4, -0.2) is 17.5 Å². The summed E-state index contributed by atoms with van der Waals surface area (Å²) in [5.74, 6) is 3.14. The minimum Gasteiger partial charge on any atom is -0.396 e. The molecule has 1 saturated carbocycles. The van der Waals surface area contributed by atoms with E-state index in [9.17, 15) is 5.11 Å². The van der Waals surface area contributed by atoms with Crippen molar-refractivity contribution in [3.8, 4) is 0 Å². The Hall–Kier alpha value is 0.310. The SMILES string of the molecule is CC1CC(C(C)CCS)C(C)(CO)C1. The molecule has 0 aliphatic heterocycles. The van der Waals surface area contributed by atoms with Gasteiger partial charge in [0, 0.05) is 6.61 Å². The Balaban J connectivity index is 2.66. The Kier molecular flexibility index (Phi) is 4.32. The lowest BCUT2D eigenvalue weighted by atomic mass is 9.73. The Labute approximate surface area is 93.7 Å². The molecule has 1 rings (SSSR count). The summed E-state index contributed by atoms with van der Waals surface area (Å²) < 4.78 is 0. The number of rotatable bonds is 4. The summed E-state index contributed by atoms with van der Waals surface area (Å²) in [5.41, 5.74) is 0.168. The maximum Gasteiger partial charge on any atom is 0.0487 e. The summed E-state index contributed by atoms with van der Waals surface area (Å²) in [6.07, 6.45) is 3.65. The van der Waals surface area contributed by atoms with Gasteiger partial charge in [0.2, 0.25) is 0 Å². The van der Waals surface area contributed by atoms with Gasteiger partial charge in [0.25, 0.3) is 0 Å². The van der Waals surface area contributed by atoms with Crippen LogP contribution in [0.3, 0.4) is 0 Å². The predicted molar refractivity (Wildman–Crippen MR) is 64.7 cm³/mol. The van der Waals surface area contributed by atoms with Crippen LogP contribution in [0.1, 0.15) is 40.0 Å². The molecule has 1 nitrogen and oxygen atoms in total. The van der Waals surface area contributed by atoms with Crippen LogP contribution in [0.4, 0.5) is 0 Å². The van der Waals surface area contributed by atoms with Crippen molar-refractivity contribution in [3.63, 3.8) is 0 Å². The minimum absolute atomic E-state index is 0.168. The number of aliphatic hydroxyl groups is 1. The maximum absolute atomic E-state index is 9.51. The number of hydrogen-bond acceptors (Lipinski definition) is 2. The van der Waals surface area contributed by atoms with E-state index in [0.29, 0.717) is 18.4 Å².